The number of nitrogens with zero attached hydrogens (tertiary/aromatic N) is 1. The van der Waals surface area contributed by atoms with Crippen molar-refractivity contribution in [3.63, 3.8) is 0 Å². The lowest BCUT2D eigenvalue weighted by Crippen LogP contribution is -2.06. The van der Waals surface area contributed by atoms with E-state index in [1.807, 2.05) is 25.4 Å². The summed E-state index contributed by atoms with van der Waals surface area (Å²) in [6.45, 7) is 5.78. The van der Waals surface area contributed by atoms with Crippen LogP contribution in [-0.4, -0.2) is 18.6 Å². The van der Waals surface area contributed by atoms with Crippen molar-refractivity contribution in [3.05, 3.63) is 42.2 Å². The van der Waals surface area contributed by atoms with Crippen molar-refractivity contribution in [1.29, 1.82) is 0 Å². The summed E-state index contributed by atoms with van der Waals surface area (Å²) in [7, 11) is 1.92. The minimum Gasteiger partial charge on any atom is -0.375 e. The zero-order valence-electron chi connectivity index (χ0n) is 9.20. The Morgan fingerprint density at radius 2 is 2.40 bits per heavy atom. The highest BCUT2D eigenvalue weighted by atomic mass is 16.5. The van der Waals surface area contributed by atoms with Gasteiger partial charge in [0, 0.05) is 12.7 Å². The zero-order chi connectivity index (χ0) is 10.9. The van der Waals surface area contributed by atoms with Gasteiger partial charge in [-0.25, -0.2) is 0 Å². The monoisotopic (exact) mass is 206 g/mol. The van der Waals surface area contributed by atoms with Gasteiger partial charge in [-0.1, -0.05) is 12.1 Å². The van der Waals surface area contributed by atoms with Crippen LogP contribution in [0.4, 0.5) is 0 Å². The normalized spacial score (nSPS) is 10.2. The van der Waals surface area contributed by atoms with Gasteiger partial charge in [0.05, 0.1) is 18.9 Å². The van der Waals surface area contributed by atoms with Gasteiger partial charge in [-0.15, -0.1) is 6.58 Å². The van der Waals surface area contributed by atoms with Crippen LogP contribution in [0.1, 0.15) is 17.7 Å². The standard InChI is InChI=1S/C12H18N2O/c1-3-4-7-15-10-12-6-5-11(8-13-2)9-14-12/h3,5-6,9,13H,1,4,7-8,10H2,2H3. The van der Waals surface area contributed by atoms with Crippen LogP contribution in [0, 0.1) is 0 Å². The molecule has 0 fully saturated rings. The second kappa shape index (κ2) is 7.15. The predicted molar refractivity (Wildman–Crippen MR) is 61.5 cm³/mol. The summed E-state index contributed by atoms with van der Waals surface area (Å²) >= 11 is 0. The summed E-state index contributed by atoms with van der Waals surface area (Å²) in [6, 6.07) is 4.07. The molecule has 0 aromatic carbocycles. The van der Waals surface area contributed by atoms with Crippen molar-refractivity contribution in [3.8, 4) is 0 Å². The molecule has 0 atom stereocenters. The molecule has 0 spiro atoms. The fourth-order valence-corrected chi connectivity index (χ4v) is 1.19. The first-order valence-electron chi connectivity index (χ1n) is 5.14. The molecule has 1 rings (SSSR count). The number of ether oxygens (including phenoxy) is 1. The van der Waals surface area contributed by atoms with E-state index in [9.17, 15) is 0 Å². The molecule has 0 unspecified atom stereocenters. The predicted octanol–water partition coefficient (Wildman–Crippen LogP) is 1.89. The summed E-state index contributed by atoms with van der Waals surface area (Å²) in [5, 5.41) is 3.08. The van der Waals surface area contributed by atoms with Gasteiger partial charge >= 0.3 is 0 Å². The molecule has 15 heavy (non-hydrogen) atoms. The smallest absolute Gasteiger partial charge is 0.0887 e. The summed E-state index contributed by atoms with van der Waals surface area (Å²) in [5.74, 6) is 0. The van der Waals surface area contributed by atoms with E-state index in [1.165, 1.54) is 5.56 Å². The Morgan fingerprint density at radius 1 is 1.53 bits per heavy atom. The molecule has 0 aliphatic carbocycles. The second-order valence-corrected chi connectivity index (χ2v) is 3.32. The van der Waals surface area contributed by atoms with Gasteiger partial charge < -0.3 is 10.1 Å². The fraction of sp³-hybridized carbons (Fsp3) is 0.417. The van der Waals surface area contributed by atoms with Gasteiger partial charge in [0.25, 0.3) is 0 Å². The molecular weight excluding hydrogens is 188 g/mol. The van der Waals surface area contributed by atoms with Crippen LogP contribution >= 0.6 is 0 Å². The molecule has 3 nitrogen and oxygen atoms in total. The summed E-state index contributed by atoms with van der Waals surface area (Å²) in [6.07, 6.45) is 4.62. The molecule has 0 saturated carbocycles. The molecule has 1 aromatic heterocycles. The molecule has 0 bridgehead atoms. The summed E-state index contributed by atoms with van der Waals surface area (Å²) in [4.78, 5) is 4.30. The number of rotatable bonds is 7. The second-order valence-electron chi connectivity index (χ2n) is 3.32. The van der Waals surface area contributed by atoms with E-state index < -0.39 is 0 Å². The van der Waals surface area contributed by atoms with Crippen molar-refractivity contribution < 1.29 is 4.74 Å². The lowest BCUT2D eigenvalue weighted by atomic mass is 10.2. The van der Waals surface area contributed by atoms with E-state index in [0.717, 1.165) is 18.7 Å². The van der Waals surface area contributed by atoms with Crippen LogP contribution in [0.25, 0.3) is 0 Å². The lowest BCUT2D eigenvalue weighted by molar-refractivity contribution is 0.122. The molecular formula is C12H18N2O. The number of hydrogen-bond acceptors (Lipinski definition) is 3. The Bertz CT molecular complexity index is 282. The van der Waals surface area contributed by atoms with Gasteiger partial charge in [-0.2, -0.15) is 0 Å². The molecule has 0 radical (unpaired) electrons. The highest BCUT2D eigenvalue weighted by Crippen LogP contribution is 2.01. The third kappa shape index (κ3) is 4.72. The van der Waals surface area contributed by atoms with Gasteiger partial charge in [0.15, 0.2) is 0 Å². The first-order chi connectivity index (χ1) is 7.36. The molecule has 1 heterocycles. The van der Waals surface area contributed by atoms with E-state index in [0.29, 0.717) is 13.2 Å². The van der Waals surface area contributed by atoms with Crippen molar-refractivity contribution >= 4 is 0 Å². The number of aromatic nitrogens is 1. The van der Waals surface area contributed by atoms with E-state index >= 15 is 0 Å². The summed E-state index contributed by atoms with van der Waals surface area (Å²) in [5.41, 5.74) is 2.16. The summed E-state index contributed by atoms with van der Waals surface area (Å²) < 4.78 is 5.41. The Morgan fingerprint density at radius 3 is 3.00 bits per heavy atom. The average Bonchev–Trinajstić information content (AvgIpc) is 2.27. The van der Waals surface area contributed by atoms with E-state index in [4.69, 9.17) is 4.74 Å². The Kier molecular flexibility index (Phi) is 5.66. The number of nitrogens with one attached hydrogen (secondary N) is 1. The van der Waals surface area contributed by atoms with Crippen LogP contribution in [0.15, 0.2) is 31.0 Å². The van der Waals surface area contributed by atoms with E-state index in [1.54, 1.807) is 0 Å². The SMILES string of the molecule is C=CCCOCc1ccc(CNC)cn1. The zero-order valence-corrected chi connectivity index (χ0v) is 9.20. The van der Waals surface area contributed by atoms with Gasteiger partial charge in [0.2, 0.25) is 0 Å². The average molecular weight is 206 g/mol. The highest BCUT2D eigenvalue weighted by Gasteiger charge is 1.95. The van der Waals surface area contributed by atoms with E-state index in [-0.39, 0.29) is 0 Å². The minimum atomic E-state index is 0.577. The Labute approximate surface area is 91.2 Å². The quantitative estimate of drug-likeness (QED) is 0.546. The fourth-order valence-electron chi connectivity index (χ4n) is 1.19. The van der Waals surface area contributed by atoms with Crippen LogP contribution in [0.5, 0.6) is 0 Å². The molecule has 0 aliphatic heterocycles. The van der Waals surface area contributed by atoms with Crippen LogP contribution < -0.4 is 5.32 Å². The van der Waals surface area contributed by atoms with Crippen molar-refractivity contribution in [1.82, 2.24) is 10.3 Å². The topological polar surface area (TPSA) is 34.1 Å². The molecule has 1 aromatic rings. The molecule has 1 N–H and O–H groups in total. The molecule has 3 heteroatoms. The molecule has 82 valence electrons. The highest BCUT2D eigenvalue weighted by molar-refractivity contribution is 5.13. The van der Waals surface area contributed by atoms with Crippen LogP contribution in [-0.2, 0) is 17.9 Å². The maximum absolute atomic E-state index is 5.41. The number of hydrogen-bond donors (Lipinski definition) is 1. The van der Waals surface area contributed by atoms with Crippen LogP contribution in [0.3, 0.4) is 0 Å². The van der Waals surface area contributed by atoms with Crippen molar-refractivity contribution in [2.75, 3.05) is 13.7 Å². The minimum absolute atomic E-state index is 0.577. The first-order valence-corrected chi connectivity index (χ1v) is 5.14. The largest absolute Gasteiger partial charge is 0.375 e. The maximum atomic E-state index is 5.41. The van der Waals surface area contributed by atoms with Gasteiger partial charge in [-0.3, -0.25) is 4.98 Å². The third-order valence-corrected chi connectivity index (χ3v) is 1.98. The first kappa shape index (κ1) is 11.9. The maximum Gasteiger partial charge on any atom is 0.0887 e. The van der Waals surface area contributed by atoms with Gasteiger partial charge in [0.1, 0.15) is 0 Å². The molecule has 0 amide bonds. The Balaban J connectivity index is 2.32. The van der Waals surface area contributed by atoms with Crippen molar-refractivity contribution in [2.45, 2.75) is 19.6 Å². The molecule has 0 aliphatic rings. The van der Waals surface area contributed by atoms with Crippen molar-refractivity contribution in [2.24, 2.45) is 0 Å². The van der Waals surface area contributed by atoms with Gasteiger partial charge in [-0.05, 0) is 25.1 Å². The number of pyridine rings is 1. The Hall–Kier alpha value is -1.19. The third-order valence-electron chi connectivity index (χ3n) is 1.98. The molecule has 0 saturated heterocycles. The van der Waals surface area contributed by atoms with E-state index in [2.05, 4.69) is 22.9 Å². The van der Waals surface area contributed by atoms with Crippen LogP contribution in [0.2, 0.25) is 0 Å². The lowest BCUT2D eigenvalue weighted by Gasteiger charge is -2.03.